The molecule has 0 nitrogen and oxygen atoms in total. The molecular weight excluding hydrogens is 176 g/mol. The first-order chi connectivity index (χ1) is 4.97. The second-order valence-electron chi connectivity index (χ2n) is 2.98. The van der Waals surface area contributed by atoms with E-state index in [2.05, 4.69) is 24.3 Å². The van der Waals surface area contributed by atoms with E-state index in [0.29, 0.717) is 0 Å². The molecule has 0 aromatic heterocycles. The largest absolute Gasteiger partial charge is 0.0620 e. The van der Waals surface area contributed by atoms with Crippen LogP contribution in [-0.2, 0) is 29.9 Å². The molecule has 1 aromatic carbocycles. The number of benzene rings is 1. The summed E-state index contributed by atoms with van der Waals surface area (Å²) in [6.07, 6.45) is 5.38. The van der Waals surface area contributed by atoms with Crippen molar-refractivity contribution in [3.8, 4) is 0 Å². The Bertz CT molecular complexity index is 205. The zero-order chi connectivity index (χ0) is 6.81. The Morgan fingerprint density at radius 1 is 0.818 bits per heavy atom. The molecule has 0 saturated carbocycles. The fourth-order valence-electron chi connectivity index (χ4n) is 1.68. The van der Waals surface area contributed by atoms with Gasteiger partial charge >= 0.3 is 0 Å². The molecule has 0 amide bonds. The van der Waals surface area contributed by atoms with E-state index in [1.54, 1.807) is 11.1 Å². The third-order valence-corrected chi connectivity index (χ3v) is 2.26. The van der Waals surface area contributed by atoms with Crippen LogP contribution in [0.5, 0.6) is 0 Å². The fraction of sp³-hybridized carbons (Fsp3) is 0.400. The summed E-state index contributed by atoms with van der Waals surface area (Å²) in [7, 11) is 0. The topological polar surface area (TPSA) is 0 Å². The summed E-state index contributed by atoms with van der Waals surface area (Å²) in [4.78, 5) is 0. The molecule has 0 heterocycles. The first-order valence-corrected chi connectivity index (χ1v) is 4.03. The molecule has 0 fully saturated rings. The van der Waals surface area contributed by atoms with Gasteiger partial charge in [-0.2, -0.15) is 0 Å². The predicted octanol–water partition coefficient (Wildman–Crippen LogP) is 2.56. The van der Waals surface area contributed by atoms with Crippen LogP contribution in [0.25, 0.3) is 0 Å². The van der Waals surface area contributed by atoms with Crippen molar-refractivity contribution in [3.63, 3.8) is 0 Å². The summed E-state index contributed by atoms with van der Waals surface area (Å²) in [5.74, 6) is 0. The summed E-state index contributed by atoms with van der Waals surface area (Å²) in [6.45, 7) is 0. The number of fused-ring (bicyclic) bond motifs is 1. The SMILES string of the molecule is [Fe].c1ccc2c(c1)CCCC2. The fourth-order valence-corrected chi connectivity index (χ4v) is 1.68. The Morgan fingerprint density at radius 2 is 1.27 bits per heavy atom. The van der Waals surface area contributed by atoms with Gasteiger partial charge < -0.3 is 0 Å². The minimum Gasteiger partial charge on any atom is -0.0620 e. The molecule has 0 aliphatic heterocycles. The maximum atomic E-state index is 2.26. The Balaban J connectivity index is 0.000000605. The van der Waals surface area contributed by atoms with Crippen molar-refractivity contribution >= 4 is 0 Å². The maximum absolute atomic E-state index is 2.26. The monoisotopic (exact) mass is 188 g/mol. The molecule has 1 aliphatic rings. The minimum absolute atomic E-state index is 0. The molecular formula is C10H12Fe. The molecule has 11 heavy (non-hydrogen) atoms. The molecule has 1 aromatic rings. The van der Waals surface area contributed by atoms with E-state index in [4.69, 9.17) is 0 Å². The second kappa shape index (κ2) is 3.94. The first-order valence-electron chi connectivity index (χ1n) is 4.03. The van der Waals surface area contributed by atoms with Gasteiger partial charge in [0.05, 0.1) is 0 Å². The van der Waals surface area contributed by atoms with Crippen molar-refractivity contribution in [1.82, 2.24) is 0 Å². The molecule has 0 spiro atoms. The Labute approximate surface area is 78.5 Å². The molecule has 0 saturated heterocycles. The van der Waals surface area contributed by atoms with E-state index in [-0.39, 0.29) is 17.1 Å². The van der Waals surface area contributed by atoms with E-state index in [1.165, 1.54) is 25.7 Å². The molecule has 2 rings (SSSR count). The maximum Gasteiger partial charge on any atom is 0 e. The zero-order valence-electron chi connectivity index (χ0n) is 6.49. The third kappa shape index (κ3) is 1.85. The molecule has 0 unspecified atom stereocenters. The zero-order valence-corrected chi connectivity index (χ0v) is 7.60. The average Bonchev–Trinajstić information content (AvgIpc) is 2.05. The van der Waals surface area contributed by atoms with Gasteiger partial charge in [-0.25, -0.2) is 0 Å². The third-order valence-electron chi connectivity index (χ3n) is 2.26. The molecule has 60 valence electrons. The van der Waals surface area contributed by atoms with Gasteiger partial charge in [0, 0.05) is 17.1 Å². The number of aryl methyl sites for hydroxylation is 2. The molecule has 0 radical (unpaired) electrons. The van der Waals surface area contributed by atoms with Crippen LogP contribution < -0.4 is 0 Å². The Kier molecular flexibility index (Phi) is 3.16. The van der Waals surface area contributed by atoms with Crippen LogP contribution in [0, 0.1) is 0 Å². The molecule has 0 atom stereocenters. The van der Waals surface area contributed by atoms with Crippen LogP contribution in [0.15, 0.2) is 24.3 Å². The number of hydrogen-bond acceptors (Lipinski definition) is 0. The summed E-state index contributed by atoms with van der Waals surface area (Å²) in [5.41, 5.74) is 3.16. The molecule has 1 aliphatic carbocycles. The minimum atomic E-state index is 0. The van der Waals surface area contributed by atoms with Crippen molar-refractivity contribution in [2.45, 2.75) is 25.7 Å². The molecule has 1 heteroatoms. The summed E-state index contributed by atoms with van der Waals surface area (Å²) < 4.78 is 0. The summed E-state index contributed by atoms with van der Waals surface area (Å²) in [6, 6.07) is 8.80. The van der Waals surface area contributed by atoms with Crippen LogP contribution >= 0.6 is 0 Å². The van der Waals surface area contributed by atoms with Gasteiger partial charge in [-0.3, -0.25) is 0 Å². The smallest absolute Gasteiger partial charge is 0 e. The summed E-state index contributed by atoms with van der Waals surface area (Å²) in [5, 5.41) is 0. The Morgan fingerprint density at radius 3 is 1.73 bits per heavy atom. The Hall–Kier alpha value is -0.261. The van der Waals surface area contributed by atoms with Gasteiger partial charge in [-0.15, -0.1) is 0 Å². The van der Waals surface area contributed by atoms with Crippen molar-refractivity contribution in [1.29, 1.82) is 0 Å². The number of hydrogen-bond donors (Lipinski definition) is 0. The number of rotatable bonds is 0. The van der Waals surface area contributed by atoms with E-state index in [9.17, 15) is 0 Å². The van der Waals surface area contributed by atoms with Gasteiger partial charge in [0.25, 0.3) is 0 Å². The van der Waals surface area contributed by atoms with E-state index < -0.39 is 0 Å². The van der Waals surface area contributed by atoms with Crippen LogP contribution in [-0.4, -0.2) is 0 Å². The van der Waals surface area contributed by atoms with Crippen molar-refractivity contribution in [2.24, 2.45) is 0 Å². The normalized spacial score (nSPS) is 14.9. The van der Waals surface area contributed by atoms with E-state index >= 15 is 0 Å². The standard InChI is InChI=1S/C10H12.Fe/c1-2-6-10-8-4-3-7-9(10)5-1;/h1-2,5-6H,3-4,7-8H2;. The van der Waals surface area contributed by atoms with E-state index in [0.717, 1.165) is 0 Å². The van der Waals surface area contributed by atoms with Crippen molar-refractivity contribution < 1.29 is 17.1 Å². The van der Waals surface area contributed by atoms with Crippen LogP contribution in [0.2, 0.25) is 0 Å². The van der Waals surface area contributed by atoms with Gasteiger partial charge in [-0.1, -0.05) is 24.3 Å². The van der Waals surface area contributed by atoms with Gasteiger partial charge in [-0.05, 0) is 36.8 Å². The quantitative estimate of drug-likeness (QED) is 0.549. The van der Waals surface area contributed by atoms with Crippen LogP contribution in [0.4, 0.5) is 0 Å². The van der Waals surface area contributed by atoms with Crippen LogP contribution in [0.1, 0.15) is 24.0 Å². The van der Waals surface area contributed by atoms with Gasteiger partial charge in [0.15, 0.2) is 0 Å². The van der Waals surface area contributed by atoms with Crippen molar-refractivity contribution in [3.05, 3.63) is 35.4 Å². The van der Waals surface area contributed by atoms with Crippen molar-refractivity contribution in [2.75, 3.05) is 0 Å². The van der Waals surface area contributed by atoms with Gasteiger partial charge in [0.1, 0.15) is 0 Å². The molecule has 0 N–H and O–H groups in total. The average molecular weight is 188 g/mol. The summed E-state index contributed by atoms with van der Waals surface area (Å²) >= 11 is 0. The predicted molar refractivity (Wildman–Crippen MR) is 43.1 cm³/mol. The van der Waals surface area contributed by atoms with Gasteiger partial charge in [0.2, 0.25) is 0 Å². The first kappa shape index (κ1) is 8.83. The second-order valence-corrected chi connectivity index (χ2v) is 2.98. The molecule has 0 bridgehead atoms. The van der Waals surface area contributed by atoms with Crippen LogP contribution in [0.3, 0.4) is 0 Å². The van der Waals surface area contributed by atoms with E-state index in [1.807, 2.05) is 0 Å².